The molecule has 3 aromatic rings. The molecule has 10 heteroatoms. The van der Waals surface area contributed by atoms with Gasteiger partial charge in [0.1, 0.15) is 11.5 Å². The summed E-state index contributed by atoms with van der Waals surface area (Å²) in [6.07, 6.45) is -3.54. The van der Waals surface area contributed by atoms with E-state index in [1.165, 1.54) is 30.5 Å². The molecule has 0 aliphatic heterocycles. The van der Waals surface area contributed by atoms with Gasteiger partial charge in [0.15, 0.2) is 0 Å². The van der Waals surface area contributed by atoms with Crippen LogP contribution in [0.2, 0.25) is 0 Å². The number of rotatable bonds is 6. The van der Waals surface area contributed by atoms with Crippen LogP contribution in [0.3, 0.4) is 0 Å². The van der Waals surface area contributed by atoms with Crippen molar-refractivity contribution in [1.29, 1.82) is 0 Å². The number of alkyl halides is 3. The highest BCUT2D eigenvalue weighted by atomic mass is 19.4. The zero-order valence-corrected chi connectivity index (χ0v) is 16.1. The summed E-state index contributed by atoms with van der Waals surface area (Å²) in [5.74, 6) is 0.0649. The molecule has 0 aliphatic rings. The summed E-state index contributed by atoms with van der Waals surface area (Å²) in [7, 11) is 0. The van der Waals surface area contributed by atoms with Crippen molar-refractivity contribution < 1.29 is 27.3 Å². The van der Waals surface area contributed by atoms with Gasteiger partial charge in [0.05, 0.1) is 23.1 Å². The van der Waals surface area contributed by atoms with E-state index in [-0.39, 0.29) is 23.4 Å². The molecule has 0 spiro atoms. The minimum Gasteiger partial charge on any atom is -0.455 e. The van der Waals surface area contributed by atoms with Crippen LogP contribution in [-0.2, 0) is 17.4 Å². The fourth-order valence-corrected chi connectivity index (χ4v) is 2.81. The summed E-state index contributed by atoms with van der Waals surface area (Å²) < 4.78 is 43.8. The lowest BCUT2D eigenvalue weighted by Crippen LogP contribution is -2.20. The summed E-state index contributed by atoms with van der Waals surface area (Å²) in [5, 5.41) is 14.7. The molecule has 1 heterocycles. The van der Waals surface area contributed by atoms with Crippen molar-refractivity contribution in [2.75, 3.05) is 0 Å². The third kappa shape index (κ3) is 5.56. The van der Waals surface area contributed by atoms with E-state index in [9.17, 15) is 28.1 Å². The molecule has 1 amide bonds. The normalized spacial score (nSPS) is 11.6. The van der Waals surface area contributed by atoms with Crippen LogP contribution < -0.4 is 5.43 Å². The third-order valence-electron chi connectivity index (χ3n) is 4.32. The fourth-order valence-electron chi connectivity index (χ4n) is 2.81. The Morgan fingerprint density at radius 2 is 1.97 bits per heavy atom. The van der Waals surface area contributed by atoms with E-state index in [1.54, 1.807) is 25.1 Å². The lowest BCUT2D eigenvalue weighted by atomic mass is 10.1. The van der Waals surface area contributed by atoms with Crippen LogP contribution in [0, 0.1) is 17.0 Å². The van der Waals surface area contributed by atoms with E-state index >= 15 is 0 Å². The van der Waals surface area contributed by atoms with Crippen molar-refractivity contribution in [3.8, 4) is 11.3 Å². The van der Waals surface area contributed by atoms with Gasteiger partial charge in [-0.25, -0.2) is 5.43 Å². The first-order valence-corrected chi connectivity index (χ1v) is 8.97. The predicted molar refractivity (Wildman–Crippen MR) is 106 cm³/mol. The summed E-state index contributed by atoms with van der Waals surface area (Å²) in [4.78, 5) is 22.4. The standard InChI is InChI=1S/C21H16F3N3O4/c1-13-5-6-16(27(29)30)11-18(13)19-8-7-17(31-19)12-25-26-20(28)10-14-3-2-4-15(9-14)21(22,23)24/h2-9,11-12H,10H2,1H3,(H,26,28)/b25-12-. The number of nitrogens with zero attached hydrogens (tertiary/aromatic N) is 2. The summed E-state index contributed by atoms with van der Waals surface area (Å²) in [5.41, 5.74) is 2.83. The van der Waals surface area contributed by atoms with Gasteiger partial charge >= 0.3 is 6.18 Å². The molecule has 0 unspecified atom stereocenters. The van der Waals surface area contributed by atoms with Gasteiger partial charge in [-0.05, 0) is 36.2 Å². The van der Waals surface area contributed by atoms with E-state index in [4.69, 9.17) is 4.42 Å². The Hall–Kier alpha value is -3.95. The molecule has 0 fully saturated rings. The number of nitro groups is 1. The number of furan rings is 1. The number of nitrogens with one attached hydrogen (secondary N) is 1. The molecule has 160 valence electrons. The van der Waals surface area contributed by atoms with E-state index in [0.717, 1.165) is 17.7 Å². The number of carbonyl (C=O) groups excluding carboxylic acids is 1. The van der Waals surface area contributed by atoms with Gasteiger partial charge in [0.25, 0.3) is 5.69 Å². The monoisotopic (exact) mass is 431 g/mol. The Labute approximate surface area is 174 Å². The predicted octanol–water partition coefficient (Wildman–Crippen LogP) is 4.87. The largest absolute Gasteiger partial charge is 0.455 e. The quantitative estimate of drug-likeness (QED) is 0.342. The van der Waals surface area contributed by atoms with Crippen LogP contribution in [0.4, 0.5) is 18.9 Å². The Bertz CT molecular complexity index is 1150. The van der Waals surface area contributed by atoms with E-state index in [2.05, 4.69) is 10.5 Å². The SMILES string of the molecule is Cc1ccc([N+](=O)[O-])cc1-c1ccc(/C=N\NC(=O)Cc2cccc(C(F)(F)F)c2)o1. The van der Waals surface area contributed by atoms with Gasteiger partial charge in [-0.15, -0.1) is 0 Å². The number of benzene rings is 2. The van der Waals surface area contributed by atoms with Crippen molar-refractivity contribution in [1.82, 2.24) is 5.43 Å². The second-order valence-corrected chi connectivity index (χ2v) is 6.63. The average Bonchev–Trinajstić information content (AvgIpc) is 3.16. The molecular formula is C21H16F3N3O4. The molecule has 0 saturated heterocycles. The smallest absolute Gasteiger partial charge is 0.416 e. The fraction of sp³-hybridized carbons (Fsp3) is 0.143. The van der Waals surface area contributed by atoms with Gasteiger partial charge < -0.3 is 4.42 Å². The van der Waals surface area contributed by atoms with Gasteiger partial charge in [0, 0.05) is 17.7 Å². The molecule has 3 rings (SSSR count). The summed E-state index contributed by atoms with van der Waals surface area (Å²) >= 11 is 0. The van der Waals surface area contributed by atoms with Crippen molar-refractivity contribution >= 4 is 17.8 Å². The van der Waals surface area contributed by atoms with E-state index < -0.39 is 22.6 Å². The Morgan fingerprint density at radius 3 is 2.68 bits per heavy atom. The first-order valence-electron chi connectivity index (χ1n) is 8.97. The van der Waals surface area contributed by atoms with Gasteiger partial charge in [-0.3, -0.25) is 14.9 Å². The maximum absolute atomic E-state index is 12.7. The lowest BCUT2D eigenvalue weighted by Gasteiger charge is -2.08. The Morgan fingerprint density at radius 1 is 1.19 bits per heavy atom. The molecule has 1 N–H and O–H groups in total. The van der Waals surface area contributed by atoms with Gasteiger partial charge in [-0.1, -0.05) is 24.3 Å². The molecule has 1 aromatic heterocycles. The molecular weight excluding hydrogens is 415 g/mol. The number of nitro benzene ring substituents is 1. The molecule has 0 saturated carbocycles. The van der Waals surface area contributed by atoms with Crippen LogP contribution in [0.5, 0.6) is 0 Å². The topological polar surface area (TPSA) is 97.7 Å². The Balaban J connectivity index is 1.64. The minimum absolute atomic E-state index is 0.0749. The molecule has 7 nitrogen and oxygen atoms in total. The highest BCUT2D eigenvalue weighted by Gasteiger charge is 2.30. The molecule has 0 atom stereocenters. The molecule has 0 aliphatic carbocycles. The number of hydrogen-bond donors (Lipinski definition) is 1. The second kappa shape index (κ2) is 8.82. The second-order valence-electron chi connectivity index (χ2n) is 6.63. The lowest BCUT2D eigenvalue weighted by molar-refractivity contribution is -0.384. The van der Waals surface area contributed by atoms with Crippen molar-refractivity contribution in [3.63, 3.8) is 0 Å². The van der Waals surface area contributed by atoms with E-state index in [0.29, 0.717) is 11.3 Å². The molecule has 0 bridgehead atoms. The van der Waals surface area contributed by atoms with Gasteiger partial charge in [0.2, 0.25) is 5.91 Å². The first kappa shape index (κ1) is 21.8. The number of amides is 1. The number of hydrazone groups is 1. The van der Waals surface area contributed by atoms with Crippen LogP contribution in [0.1, 0.15) is 22.5 Å². The molecule has 31 heavy (non-hydrogen) atoms. The highest BCUT2D eigenvalue weighted by Crippen LogP contribution is 2.30. The van der Waals surface area contributed by atoms with Crippen LogP contribution in [-0.4, -0.2) is 17.0 Å². The summed E-state index contributed by atoms with van der Waals surface area (Å²) in [6, 6.07) is 12.1. The van der Waals surface area contributed by atoms with Crippen LogP contribution in [0.25, 0.3) is 11.3 Å². The maximum Gasteiger partial charge on any atom is 0.416 e. The van der Waals surface area contributed by atoms with Gasteiger partial charge in [-0.2, -0.15) is 18.3 Å². The summed E-state index contributed by atoms with van der Waals surface area (Å²) in [6.45, 7) is 1.78. The Kier molecular flexibility index (Phi) is 6.19. The van der Waals surface area contributed by atoms with Crippen molar-refractivity contribution in [2.45, 2.75) is 19.5 Å². The third-order valence-corrected chi connectivity index (χ3v) is 4.32. The number of carbonyl (C=O) groups is 1. The number of aryl methyl sites for hydroxylation is 1. The minimum atomic E-state index is -4.49. The maximum atomic E-state index is 12.7. The number of halogens is 3. The number of hydrogen-bond acceptors (Lipinski definition) is 5. The number of non-ortho nitro benzene ring substituents is 1. The van der Waals surface area contributed by atoms with Crippen molar-refractivity contribution in [2.24, 2.45) is 5.10 Å². The van der Waals surface area contributed by atoms with E-state index in [1.807, 2.05) is 0 Å². The average molecular weight is 431 g/mol. The molecule has 2 aromatic carbocycles. The zero-order valence-electron chi connectivity index (χ0n) is 16.1. The highest BCUT2D eigenvalue weighted by molar-refractivity contribution is 5.82. The molecule has 0 radical (unpaired) electrons. The van der Waals surface area contributed by atoms with Crippen LogP contribution >= 0.6 is 0 Å². The van der Waals surface area contributed by atoms with Crippen LogP contribution in [0.15, 0.2) is 64.1 Å². The van der Waals surface area contributed by atoms with Crippen molar-refractivity contribution in [3.05, 3.63) is 87.2 Å². The first-order chi connectivity index (χ1) is 14.6. The zero-order chi connectivity index (χ0) is 22.6.